The Morgan fingerprint density at radius 1 is 0.243 bits per heavy atom. The molecule has 0 radical (unpaired) electrons. The average Bonchev–Trinajstić information content (AvgIpc) is 0.899. The average molecular weight is 1620 g/mol. The lowest BCUT2D eigenvalue weighted by Gasteiger charge is -2.21. The number of aliphatic hydroxyl groups is 1. The first-order chi connectivity index (χ1) is 53.7. The van der Waals surface area contributed by atoms with Crippen LogP contribution in [-0.2, 0) is 65.4 Å². The first-order valence-electron chi connectivity index (χ1n) is 47.3. The van der Waals surface area contributed by atoms with E-state index in [0.29, 0.717) is 31.6 Å². The third-order valence-electron chi connectivity index (χ3n) is 21.6. The van der Waals surface area contributed by atoms with Crippen molar-refractivity contribution < 1.29 is 80.2 Å². The Labute approximate surface area is 683 Å². The largest absolute Gasteiger partial charge is 0.472 e. The maximum absolute atomic E-state index is 13.2. The molecule has 0 heterocycles. The monoisotopic (exact) mass is 1620 g/mol. The molecule has 0 aliphatic heterocycles. The first kappa shape index (κ1) is 109. The van der Waals surface area contributed by atoms with Crippen LogP contribution < -0.4 is 0 Å². The summed E-state index contributed by atoms with van der Waals surface area (Å²) in [7, 11) is -9.94. The van der Waals surface area contributed by atoms with Crippen LogP contribution in [0.5, 0.6) is 0 Å². The third kappa shape index (κ3) is 85.8. The third-order valence-corrected chi connectivity index (χ3v) is 23.5. The van der Waals surface area contributed by atoms with Gasteiger partial charge in [-0.15, -0.1) is 0 Å². The summed E-state index contributed by atoms with van der Waals surface area (Å²) in [5, 5.41) is 10.7. The molecular formula is C92H180O17P2. The van der Waals surface area contributed by atoms with Crippen LogP contribution in [0, 0.1) is 17.8 Å². The predicted molar refractivity (Wildman–Crippen MR) is 460 cm³/mol. The van der Waals surface area contributed by atoms with Crippen molar-refractivity contribution in [2.75, 3.05) is 39.6 Å². The Morgan fingerprint density at radius 3 is 0.613 bits per heavy atom. The van der Waals surface area contributed by atoms with Crippen molar-refractivity contribution in [3.8, 4) is 0 Å². The molecule has 3 N–H and O–H groups in total. The van der Waals surface area contributed by atoms with Crippen LogP contribution in [0.2, 0.25) is 0 Å². The van der Waals surface area contributed by atoms with Crippen molar-refractivity contribution in [1.29, 1.82) is 0 Å². The number of ether oxygens (including phenoxy) is 4. The van der Waals surface area contributed by atoms with Crippen LogP contribution in [0.15, 0.2) is 0 Å². The van der Waals surface area contributed by atoms with Gasteiger partial charge in [0.25, 0.3) is 0 Å². The molecule has 19 heteroatoms. The number of esters is 4. The number of hydrogen-bond donors (Lipinski definition) is 3. The fraction of sp³-hybridized carbons (Fsp3) is 0.957. The predicted octanol–water partition coefficient (Wildman–Crippen LogP) is 28.4. The van der Waals surface area contributed by atoms with Gasteiger partial charge in [-0.3, -0.25) is 37.3 Å². The lowest BCUT2D eigenvalue weighted by molar-refractivity contribution is -0.161. The van der Waals surface area contributed by atoms with E-state index in [1.807, 2.05) is 0 Å². The quantitative estimate of drug-likeness (QED) is 0.0222. The van der Waals surface area contributed by atoms with Gasteiger partial charge < -0.3 is 33.8 Å². The van der Waals surface area contributed by atoms with E-state index in [-0.39, 0.29) is 25.7 Å². The summed E-state index contributed by atoms with van der Waals surface area (Å²) in [5.41, 5.74) is 0. The highest BCUT2D eigenvalue weighted by Gasteiger charge is 2.31. The molecule has 5 atom stereocenters. The number of carbonyl (C=O) groups is 4. The summed E-state index contributed by atoms with van der Waals surface area (Å²) in [5.74, 6) is 0.222. The van der Waals surface area contributed by atoms with E-state index in [0.717, 1.165) is 108 Å². The maximum Gasteiger partial charge on any atom is 0.472 e. The Balaban J connectivity index is 5.19. The van der Waals surface area contributed by atoms with Gasteiger partial charge in [-0.05, 0) is 43.4 Å². The van der Waals surface area contributed by atoms with Crippen molar-refractivity contribution in [3.63, 3.8) is 0 Å². The fourth-order valence-corrected chi connectivity index (χ4v) is 16.0. The molecule has 0 bridgehead atoms. The molecule has 0 aliphatic rings. The zero-order valence-corrected chi connectivity index (χ0v) is 75.2. The lowest BCUT2D eigenvalue weighted by Crippen LogP contribution is -2.30. The van der Waals surface area contributed by atoms with E-state index >= 15 is 0 Å². The number of unbranched alkanes of at least 4 members (excludes halogenated alkanes) is 58. The maximum atomic E-state index is 13.2. The first-order valence-corrected chi connectivity index (χ1v) is 50.3. The molecule has 2 unspecified atom stereocenters. The van der Waals surface area contributed by atoms with Crippen LogP contribution in [0.4, 0.5) is 0 Å². The second kappa shape index (κ2) is 81.8. The summed E-state index contributed by atoms with van der Waals surface area (Å²) in [6.45, 7) is 12.0. The van der Waals surface area contributed by atoms with E-state index < -0.39 is 97.5 Å². The van der Waals surface area contributed by atoms with Crippen molar-refractivity contribution in [1.82, 2.24) is 0 Å². The number of rotatable bonds is 90. The van der Waals surface area contributed by atoms with Crippen LogP contribution in [0.1, 0.15) is 492 Å². The molecule has 0 aliphatic carbocycles. The van der Waals surface area contributed by atoms with Gasteiger partial charge in [0.2, 0.25) is 0 Å². The van der Waals surface area contributed by atoms with Gasteiger partial charge in [0.15, 0.2) is 12.2 Å². The number of phosphoric acid groups is 2. The Kier molecular flexibility index (Phi) is 80.4. The standard InChI is InChI=1S/C92H180O17P2/c1-8-9-10-11-12-13-14-15-16-17-18-19-27-32-37-42-47-52-62-69-76-92(97)109-88(80-103-90(95)74-67-60-55-54-58-65-72-85(6)7)82-107-111(100,101)105-78-86(93)77-104-110(98,99)106-81-87(108-91(96)75-68-61-53-48-43-38-33-28-23-21-25-30-35-40-45-50-57-64-71-84(4)5)79-102-89(94)73-66-59-51-46-41-36-31-26-22-20-24-29-34-39-44-49-56-63-70-83(2)3/h83-88,93H,8-82H2,1-7H3,(H,98,99)(H,100,101)/t86-,87-,88-/m1/s1. The Morgan fingerprint density at radius 2 is 0.414 bits per heavy atom. The molecule has 0 aromatic rings. The number of hydrogen-bond acceptors (Lipinski definition) is 15. The van der Waals surface area contributed by atoms with Crippen molar-refractivity contribution >= 4 is 39.5 Å². The van der Waals surface area contributed by atoms with E-state index in [1.54, 1.807) is 0 Å². The molecule has 0 fully saturated rings. The second-order valence-electron chi connectivity index (χ2n) is 34.5. The number of phosphoric ester groups is 2. The second-order valence-corrected chi connectivity index (χ2v) is 37.4. The molecule has 17 nitrogen and oxygen atoms in total. The molecule has 0 spiro atoms. The minimum absolute atomic E-state index is 0.108. The lowest BCUT2D eigenvalue weighted by atomic mass is 10.0. The smallest absolute Gasteiger partial charge is 0.462 e. The van der Waals surface area contributed by atoms with Gasteiger partial charge in [-0.2, -0.15) is 0 Å². The number of carbonyl (C=O) groups excluding carboxylic acids is 4. The van der Waals surface area contributed by atoms with E-state index in [1.165, 1.54) is 295 Å². The highest BCUT2D eigenvalue weighted by molar-refractivity contribution is 7.47. The van der Waals surface area contributed by atoms with Crippen LogP contribution >= 0.6 is 15.6 Å². The van der Waals surface area contributed by atoms with Crippen molar-refractivity contribution in [2.24, 2.45) is 17.8 Å². The molecule has 0 aromatic carbocycles. The molecular weight excluding hydrogens is 1440 g/mol. The molecule has 0 saturated heterocycles. The SMILES string of the molecule is CCCCCCCCCCCCCCCCCCCCCCC(=O)O[C@H](COC(=O)CCCCCCCCC(C)C)COP(=O)(O)OC[C@H](O)COP(=O)(O)OC[C@@H](COC(=O)CCCCCCCCCCCCCCCCCCCCC(C)C)OC(=O)CCCCCCCCCCCCCCCCCCCCC(C)C. The molecule has 0 amide bonds. The number of aliphatic hydroxyl groups excluding tert-OH is 1. The van der Waals surface area contributed by atoms with Crippen molar-refractivity contribution in [2.45, 2.75) is 510 Å². The zero-order chi connectivity index (χ0) is 81.5. The fourth-order valence-electron chi connectivity index (χ4n) is 14.4. The van der Waals surface area contributed by atoms with Gasteiger partial charge in [-0.25, -0.2) is 9.13 Å². The molecule has 660 valence electrons. The van der Waals surface area contributed by atoms with E-state index in [4.69, 9.17) is 37.0 Å². The minimum atomic E-state index is -4.97. The van der Waals surface area contributed by atoms with Gasteiger partial charge in [0, 0.05) is 25.7 Å². The molecule has 0 saturated carbocycles. The molecule has 0 rings (SSSR count). The minimum Gasteiger partial charge on any atom is -0.462 e. The topological polar surface area (TPSA) is 237 Å². The van der Waals surface area contributed by atoms with Gasteiger partial charge >= 0.3 is 39.5 Å². The summed E-state index contributed by atoms with van der Waals surface area (Å²) >= 11 is 0. The van der Waals surface area contributed by atoms with Gasteiger partial charge in [0.1, 0.15) is 19.3 Å². The summed E-state index contributed by atoms with van der Waals surface area (Å²) in [6, 6.07) is 0. The highest BCUT2D eigenvalue weighted by Crippen LogP contribution is 2.45. The summed E-state index contributed by atoms with van der Waals surface area (Å²) < 4.78 is 69.0. The molecule has 0 aromatic heterocycles. The summed E-state index contributed by atoms with van der Waals surface area (Å²) in [6.07, 6.45) is 75.4. The van der Waals surface area contributed by atoms with Crippen LogP contribution in [0.3, 0.4) is 0 Å². The highest BCUT2D eigenvalue weighted by atomic mass is 31.2. The van der Waals surface area contributed by atoms with Gasteiger partial charge in [0.05, 0.1) is 26.4 Å². The summed E-state index contributed by atoms with van der Waals surface area (Å²) in [4.78, 5) is 73.4. The van der Waals surface area contributed by atoms with Crippen LogP contribution in [0.25, 0.3) is 0 Å². The van der Waals surface area contributed by atoms with E-state index in [2.05, 4.69) is 48.5 Å². The van der Waals surface area contributed by atoms with Crippen molar-refractivity contribution in [3.05, 3.63) is 0 Å². The normalized spacial score (nSPS) is 13.8. The Bertz CT molecular complexity index is 2130. The zero-order valence-electron chi connectivity index (χ0n) is 73.4. The molecule has 111 heavy (non-hydrogen) atoms. The van der Waals surface area contributed by atoms with Gasteiger partial charge in [-0.1, -0.05) is 440 Å². The van der Waals surface area contributed by atoms with Crippen LogP contribution in [-0.4, -0.2) is 96.7 Å². The van der Waals surface area contributed by atoms with E-state index in [9.17, 15) is 43.2 Å². The Hall–Kier alpha value is -1.94.